The highest BCUT2D eigenvalue weighted by atomic mass is 35.5. The van der Waals surface area contributed by atoms with E-state index in [4.69, 9.17) is 11.6 Å². The minimum Gasteiger partial charge on any atom is -0.342 e. The molecule has 2 heterocycles. The molecular weight excluding hydrogens is 162 g/mol. The molecule has 0 aliphatic rings. The Kier molecular flexibility index (Phi) is 1.32. The Morgan fingerprint density at radius 2 is 2.36 bits per heavy atom. The van der Waals surface area contributed by atoms with Crippen molar-refractivity contribution >= 4 is 22.8 Å². The molecule has 1 N–H and O–H groups in total. The molecule has 56 valence electrons. The Balaban J connectivity index is 2.82. The van der Waals surface area contributed by atoms with Crippen LogP contribution in [0.1, 0.15) is 5.69 Å². The fourth-order valence-electron chi connectivity index (χ4n) is 1.01. The van der Waals surface area contributed by atoms with Crippen molar-refractivity contribution in [2.45, 2.75) is 6.92 Å². The lowest BCUT2D eigenvalue weighted by Gasteiger charge is -1.87. The molecule has 4 heteroatoms. The van der Waals surface area contributed by atoms with Gasteiger partial charge in [0.15, 0.2) is 5.65 Å². The molecule has 0 saturated heterocycles. The van der Waals surface area contributed by atoms with Crippen LogP contribution in [0.25, 0.3) is 11.2 Å². The molecule has 0 aliphatic carbocycles. The van der Waals surface area contributed by atoms with Gasteiger partial charge in [-0.1, -0.05) is 11.6 Å². The molecule has 0 fully saturated rings. The molecule has 0 bridgehead atoms. The summed E-state index contributed by atoms with van der Waals surface area (Å²) in [6.45, 7) is 1.96. The summed E-state index contributed by atoms with van der Waals surface area (Å²) in [6.07, 6.45) is 1.53. The van der Waals surface area contributed by atoms with E-state index in [1.54, 1.807) is 0 Å². The summed E-state index contributed by atoms with van der Waals surface area (Å²) >= 11 is 5.64. The number of hydrogen-bond acceptors (Lipinski definition) is 2. The lowest BCUT2D eigenvalue weighted by molar-refractivity contribution is 1.23. The summed E-state index contributed by atoms with van der Waals surface area (Å²) in [6, 6.07) is 1.91. The molecule has 2 aromatic rings. The van der Waals surface area contributed by atoms with E-state index in [1.165, 1.54) is 6.20 Å². The van der Waals surface area contributed by atoms with Crippen molar-refractivity contribution < 1.29 is 0 Å². The van der Waals surface area contributed by atoms with Crippen LogP contribution in [-0.4, -0.2) is 15.0 Å². The van der Waals surface area contributed by atoms with E-state index in [2.05, 4.69) is 15.0 Å². The zero-order valence-electron chi connectivity index (χ0n) is 5.93. The number of nitrogens with zero attached hydrogens (tertiary/aromatic N) is 2. The molecule has 0 radical (unpaired) electrons. The van der Waals surface area contributed by atoms with Crippen LogP contribution < -0.4 is 0 Å². The second-order valence-electron chi connectivity index (χ2n) is 2.38. The van der Waals surface area contributed by atoms with Gasteiger partial charge in [0.1, 0.15) is 10.7 Å². The lowest BCUT2D eigenvalue weighted by Crippen LogP contribution is -1.79. The van der Waals surface area contributed by atoms with Gasteiger partial charge in [-0.25, -0.2) is 9.97 Å². The van der Waals surface area contributed by atoms with E-state index in [0.29, 0.717) is 5.15 Å². The number of fused-ring (bicyclic) bond motifs is 1. The van der Waals surface area contributed by atoms with Crippen molar-refractivity contribution in [2.75, 3.05) is 0 Å². The average Bonchev–Trinajstić information content (AvgIpc) is 2.27. The summed E-state index contributed by atoms with van der Waals surface area (Å²) in [5.74, 6) is 0. The number of rotatable bonds is 0. The third kappa shape index (κ3) is 1.07. The first-order valence-electron chi connectivity index (χ1n) is 3.23. The van der Waals surface area contributed by atoms with Crippen molar-refractivity contribution in [3.05, 3.63) is 23.1 Å². The monoisotopic (exact) mass is 167 g/mol. The van der Waals surface area contributed by atoms with Crippen LogP contribution in [0.4, 0.5) is 0 Å². The van der Waals surface area contributed by atoms with E-state index in [0.717, 1.165) is 16.9 Å². The van der Waals surface area contributed by atoms with Crippen molar-refractivity contribution in [1.82, 2.24) is 15.0 Å². The zero-order chi connectivity index (χ0) is 7.84. The number of halogens is 1. The molecule has 0 atom stereocenters. The number of aryl methyl sites for hydroxylation is 1. The van der Waals surface area contributed by atoms with Gasteiger partial charge in [0.2, 0.25) is 0 Å². The van der Waals surface area contributed by atoms with E-state index in [1.807, 2.05) is 13.0 Å². The first-order chi connectivity index (χ1) is 5.25. The van der Waals surface area contributed by atoms with Gasteiger partial charge in [-0.2, -0.15) is 0 Å². The SMILES string of the molecule is Cc1cc2nc(Cl)cnc2[nH]1. The molecule has 0 aliphatic heterocycles. The van der Waals surface area contributed by atoms with E-state index in [-0.39, 0.29) is 0 Å². The number of aromatic nitrogens is 3. The van der Waals surface area contributed by atoms with E-state index >= 15 is 0 Å². The van der Waals surface area contributed by atoms with Gasteiger partial charge in [0.05, 0.1) is 6.20 Å². The van der Waals surface area contributed by atoms with Crippen molar-refractivity contribution in [3.8, 4) is 0 Å². The van der Waals surface area contributed by atoms with Gasteiger partial charge >= 0.3 is 0 Å². The van der Waals surface area contributed by atoms with Crippen LogP contribution in [0.3, 0.4) is 0 Å². The highest BCUT2D eigenvalue weighted by Crippen LogP contribution is 2.12. The third-order valence-electron chi connectivity index (χ3n) is 1.44. The minimum absolute atomic E-state index is 0.427. The number of nitrogens with one attached hydrogen (secondary N) is 1. The Hall–Kier alpha value is -1.09. The van der Waals surface area contributed by atoms with Crippen molar-refractivity contribution in [3.63, 3.8) is 0 Å². The Morgan fingerprint density at radius 1 is 1.55 bits per heavy atom. The summed E-state index contributed by atoms with van der Waals surface area (Å²) in [7, 11) is 0. The van der Waals surface area contributed by atoms with E-state index in [9.17, 15) is 0 Å². The Labute approximate surface area is 68.4 Å². The smallest absolute Gasteiger partial charge is 0.156 e. The van der Waals surface area contributed by atoms with Gasteiger partial charge in [0, 0.05) is 5.69 Å². The number of H-pyrrole nitrogens is 1. The lowest BCUT2D eigenvalue weighted by atomic mass is 10.4. The molecule has 0 unspecified atom stereocenters. The first kappa shape index (κ1) is 6.61. The quantitative estimate of drug-likeness (QED) is 0.652. The predicted octanol–water partition coefficient (Wildman–Crippen LogP) is 1.92. The topological polar surface area (TPSA) is 41.6 Å². The fraction of sp³-hybridized carbons (Fsp3) is 0.143. The highest BCUT2D eigenvalue weighted by molar-refractivity contribution is 6.29. The van der Waals surface area contributed by atoms with Crippen LogP contribution in [0.2, 0.25) is 5.15 Å². The summed E-state index contributed by atoms with van der Waals surface area (Å²) in [4.78, 5) is 11.2. The summed E-state index contributed by atoms with van der Waals surface area (Å²) < 4.78 is 0. The molecule has 11 heavy (non-hydrogen) atoms. The molecule has 2 aromatic heterocycles. The maximum atomic E-state index is 5.64. The normalized spacial score (nSPS) is 10.7. The molecular formula is C7H6ClN3. The molecule has 3 nitrogen and oxygen atoms in total. The largest absolute Gasteiger partial charge is 0.342 e. The summed E-state index contributed by atoms with van der Waals surface area (Å²) in [5, 5.41) is 0.427. The standard InChI is InChI=1S/C7H6ClN3/c1-4-2-5-7(10-4)9-3-6(8)11-5/h2-3H,1H3,(H,9,10). The predicted molar refractivity (Wildman–Crippen MR) is 43.6 cm³/mol. The van der Waals surface area contributed by atoms with Crippen molar-refractivity contribution in [2.24, 2.45) is 0 Å². The molecule has 0 aromatic carbocycles. The van der Waals surface area contributed by atoms with Crippen molar-refractivity contribution in [1.29, 1.82) is 0 Å². The van der Waals surface area contributed by atoms with Gasteiger partial charge in [-0.05, 0) is 13.0 Å². The zero-order valence-corrected chi connectivity index (χ0v) is 6.68. The average molecular weight is 168 g/mol. The second kappa shape index (κ2) is 2.20. The molecule has 0 saturated carbocycles. The first-order valence-corrected chi connectivity index (χ1v) is 3.61. The summed E-state index contributed by atoms with van der Waals surface area (Å²) in [5.41, 5.74) is 2.64. The maximum Gasteiger partial charge on any atom is 0.156 e. The van der Waals surface area contributed by atoms with Gasteiger partial charge in [-0.15, -0.1) is 0 Å². The third-order valence-corrected chi connectivity index (χ3v) is 1.62. The van der Waals surface area contributed by atoms with Crippen LogP contribution in [0.5, 0.6) is 0 Å². The minimum atomic E-state index is 0.427. The maximum absolute atomic E-state index is 5.64. The highest BCUT2D eigenvalue weighted by Gasteiger charge is 1.99. The van der Waals surface area contributed by atoms with E-state index < -0.39 is 0 Å². The Morgan fingerprint density at radius 3 is 3.18 bits per heavy atom. The van der Waals surface area contributed by atoms with Gasteiger partial charge in [0.25, 0.3) is 0 Å². The molecule has 2 rings (SSSR count). The van der Waals surface area contributed by atoms with Gasteiger partial charge < -0.3 is 4.98 Å². The molecule has 0 amide bonds. The number of aromatic amines is 1. The Bertz CT molecular complexity index is 393. The van der Waals surface area contributed by atoms with Crippen LogP contribution >= 0.6 is 11.6 Å². The van der Waals surface area contributed by atoms with Crippen LogP contribution in [0.15, 0.2) is 12.3 Å². The molecule has 0 spiro atoms. The van der Waals surface area contributed by atoms with Gasteiger partial charge in [-0.3, -0.25) is 0 Å². The number of hydrogen-bond donors (Lipinski definition) is 1. The van der Waals surface area contributed by atoms with Crippen LogP contribution in [-0.2, 0) is 0 Å². The van der Waals surface area contributed by atoms with Crippen LogP contribution in [0, 0.1) is 6.92 Å². The second-order valence-corrected chi connectivity index (χ2v) is 2.77. The fourth-order valence-corrected chi connectivity index (χ4v) is 1.15.